The van der Waals surface area contributed by atoms with E-state index in [-0.39, 0.29) is 23.8 Å². The van der Waals surface area contributed by atoms with Gasteiger partial charge in [-0.25, -0.2) is 0 Å². The van der Waals surface area contributed by atoms with E-state index in [2.05, 4.69) is 5.32 Å². The Bertz CT molecular complexity index is 830. The summed E-state index contributed by atoms with van der Waals surface area (Å²) in [6, 6.07) is 8.17. The van der Waals surface area contributed by atoms with E-state index in [1.807, 2.05) is 41.3 Å². The molecule has 4 atom stereocenters. The first-order chi connectivity index (χ1) is 14.1. The zero-order chi connectivity index (χ0) is 20.0. The van der Waals surface area contributed by atoms with Crippen LogP contribution in [0.1, 0.15) is 31.2 Å². The van der Waals surface area contributed by atoms with Crippen molar-refractivity contribution in [2.75, 3.05) is 20.2 Å². The second-order valence-electron chi connectivity index (χ2n) is 8.69. The van der Waals surface area contributed by atoms with E-state index in [1.165, 1.54) is 12.8 Å². The lowest BCUT2D eigenvalue weighted by Crippen LogP contribution is -2.45. The number of likely N-dealkylation sites (tertiary alicyclic amines) is 1. The van der Waals surface area contributed by atoms with Crippen LogP contribution in [-0.2, 0) is 20.7 Å². The van der Waals surface area contributed by atoms with Crippen molar-refractivity contribution in [3.8, 4) is 5.75 Å². The topological polar surface area (TPSA) is 67.9 Å². The number of benzene rings is 1. The van der Waals surface area contributed by atoms with E-state index in [1.54, 1.807) is 7.11 Å². The fourth-order valence-corrected chi connectivity index (χ4v) is 5.59. The fraction of sp³-hybridized carbons (Fsp3) is 0.565. The number of rotatable bonds is 6. The van der Waals surface area contributed by atoms with Crippen molar-refractivity contribution in [3.63, 3.8) is 0 Å². The molecule has 1 spiro atoms. The maximum atomic E-state index is 13.2. The number of fused-ring (bicyclic) bond motifs is 1. The van der Waals surface area contributed by atoms with Gasteiger partial charge in [0.1, 0.15) is 11.4 Å². The van der Waals surface area contributed by atoms with Gasteiger partial charge in [-0.05, 0) is 37.0 Å². The number of hydrogen-bond acceptors (Lipinski definition) is 4. The molecule has 0 unspecified atom stereocenters. The Balaban J connectivity index is 1.24. The summed E-state index contributed by atoms with van der Waals surface area (Å²) in [5.41, 5.74) is 0.540. The lowest BCUT2D eigenvalue weighted by atomic mass is 9.77. The fourth-order valence-electron chi connectivity index (χ4n) is 5.59. The Kier molecular flexibility index (Phi) is 4.62. The molecule has 1 aliphatic carbocycles. The quantitative estimate of drug-likeness (QED) is 0.748. The van der Waals surface area contributed by atoms with Crippen molar-refractivity contribution in [1.29, 1.82) is 0 Å². The molecule has 6 heteroatoms. The summed E-state index contributed by atoms with van der Waals surface area (Å²) >= 11 is 0. The molecule has 2 amide bonds. The van der Waals surface area contributed by atoms with Crippen LogP contribution in [0.2, 0.25) is 0 Å². The molecule has 0 aromatic heterocycles. The Labute approximate surface area is 171 Å². The summed E-state index contributed by atoms with van der Waals surface area (Å²) in [4.78, 5) is 28.3. The first kappa shape index (κ1) is 18.7. The molecule has 2 bridgehead atoms. The van der Waals surface area contributed by atoms with Gasteiger partial charge in [0.2, 0.25) is 11.8 Å². The highest BCUT2D eigenvalue weighted by Gasteiger charge is 2.67. The monoisotopic (exact) mass is 396 g/mol. The summed E-state index contributed by atoms with van der Waals surface area (Å²) < 4.78 is 11.4. The molecule has 0 radical (unpaired) electrons. The van der Waals surface area contributed by atoms with Crippen LogP contribution < -0.4 is 10.1 Å². The number of nitrogens with one attached hydrogen (secondary N) is 1. The zero-order valence-electron chi connectivity index (χ0n) is 16.8. The normalized spacial score (nSPS) is 32.8. The van der Waals surface area contributed by atoms with Crippen molar-refractivity contribution in [1.82, 2.24) is 10.2 Å². The van der Waals surface area contributed by atoms with E-state index in [9.17, 15) is 9.59 Å². The van der Waals surface area contributed by atoms with E-state index >= 15 is 0 Å². The van der Waals surface area contributed by atoms with Gasteiger partial charge >= 0.3 is 0 Å². The van der Waals surface area contributed by atoms with Gasteiger partial charge in [-0.15, -0.1) is 0 Å². The first-order valence-corrected chi connectivity index (χ1v) is 10.7. The van der Waals surface area contributed by atoms with Crippen LogP contribution in [0, 0.1) is 11.8 Å². The summed E-state index contributed by atoms with van der Waals surface area (Å²) in [6.07, 6.45) is 8.98. The third-order valence-corrected chi connectivity index (χ3v) is 7.07. The molecular formula is C23H28N2O4. The molecule has 1 aromatic rings. The number of amides is 2. The molecular weight excluding hydrogens is 368 g/mol. The van der Waals surface area contributed by atoms with E-state index < -0.39 is 11.5 Å². The molecule has 1 aromatic carbocycles. The number of nitrogens with zero attached hydrogens (tertiary/aromatic N) is 1. The smallest absolute Gasteiger partial charge is 0.230 e. The molecule has 154 valence electrons. The summed E-state index contributed by atoms with van der Waals surface area (Å²) in [6.45, 7) is 1.14. The van der Waals surface area contributed by atoms with Gasteiger partial charge in [-0.1, -0.05) is 37.1 Å². The standard InChI is InChI=1S/C23H28N2O4/c1-28-17-8-6-15(7-9-17)11-13-24-21(26)19-18-10-12-23(29-18)14-25(22(27)20(19)23)16-4-2-3-5-16/h6-10,12,16,18-20H,2-5,11,13-14H2,1H3,(H,24,26)/t18-,19+,20-,23+/m1/s1. The molecule has 3 fully saturated rings. The SMILES string of the molecule is COc1ccc(CCNC(=O)[C@H]2[C@H]3C=C[C@@]4(CN(C5CCCC5)C(=O)[C@@H]24)O3)cc1. The Hall–Kier alpha value is -2.34. The maximum absolute atomic E-state index is 13.2. The van der Waals surface area contributed by atoms with Gasteiger partial charge < -0.3 is 19.7 Å². The van der Waals surface area contributed by atoms with Crippen LogP contribution in [0.25, 0.3) is 0 Å². The van der Waals surface area contributed by atoms with E-state index in [4.69, 9.17) is 9.47 Å². The van der Waals surface area contributed by atoms with Crippen molar-refractivity contribution in [2.45, 2.75) is 49.9 Å². The molecule has 29 heavy (non-hydrogen) atoms. The average molecular weight is 396 g/mol. The van der Waals surface area contributed by atoms with Crippen molar-refractivity contribution < 1.29 is 19.1 Å². The maximum Gasteiger partial charge on any atom is 0.230 e. The molecule has 4 aliphatic rings. The second-order valence-corrected chi connectivity index (χ2v) is 8.69. The van der Waals surface area contributed by atoms with Crippen LogP contribution in [0.5, 0.6) is 5.75 Å². The van der Waals surface area contributed by atoms with Crippen molar-refractivity contribution in [3.05, 3.63) is 42.0 Å². The van der Waals surface area contributed by atoms with Crippen LogP contribution in [-0.4, -0.2) is 54.7 Å². The molecule has 2 saturated heterocycles. The number of ether oxygens (including phenoxy) is 2. The lowest BCUT2D eigenvalue weighted by molar-refractivity contribution is -0.138. The van der Waals surface area contributed by atoms with Crippen LogP contribution in [0.4, 0.5) is 0 Å². The van der Waals surface area contributed by atoms with Crippen LogP contribution in [0.3, 0.4) is 0 Å². The van der Waals surface area contributed by atoms with Crippen molar-refractivity contribution in [2.24, 2.45) is 11.8 Å². The van der Waals surface area contributed by atoms with Gasteiger partial charge in [0.25, 0.3) is 0 Å². The summed E-state index contributed by atoms with van der Waals surface area (Å²) in [5, 5.41) is 3.05. The molecule has 6 nitrogen and oxygen atoms in total. The molecule has 1 saturated carbocycles. The van der Waals surface area contributed by atoms with Crippen LogP contribution >= 0.6 is 0 Å². The zero-order valence-corrected chi connectivity index (χ0v) is 16.8. The van der Waals surface area contributed by atoms with Gasteiger partial charge in [0.15, 0.2) is 0 Å². The van der Waals surface area contributed by atoms with Crippen LogP contribution in [0.15, 0.2) is 36.4 Å². The number of carbonyl (C=O) groups excluding carboxylic acids is 2. The molecule has 3 heterocycles. The van der Waals surface area contributed by atoms with E-state index in [0.717, 1.165) is 30.6 Å². The minimum Gasteiger partial charge on any atom is -0.497 e. The lowest BCUT2D eigenvalue weighted by Gasteiger charge is -2.27. The Morgan fingerprint density at radius 2 is 2.03 bits per heavy atom. The van der Waals surface area contributed by atoms with Gasteiger partial charge in [0.05, 0.1) is 31.6 Å². The highest BCUT2D eigenvalue weighted by molar-refractivity contribution is 5.93. The Morgan fingerprint density at radius 3 is 2.76 bits per heavy atom. The molecule has 1 N–H and O–H groups in total. The largest absolute Gasteiger partial charge is 0.497 e. The Morgan fingerprint density at radius 1 is 1.28 bits per heavy atom. The average Bonchev–Trinajstić information content (AvgIpc) is 3.50. The predicted octanol–water partition coefficient (Wildman–Crippen LogP) is 2.08. The van der Waals surface area contributed by atoms with Gasteiger partial charge in [0, 0.05) is 12.6 Å². The second kappa shape index (κ2) is 7.17. The number of carbonyl (C=O) groups is 2. The van der Waals surface area contributed by atoms with Gasteiger partial charge in [-0.2, -0.15) is 0 Å². The predicted molar refractivity (Wildman–Crippen MR) is 107 cm³/mol. The first-order valence-electron chi connectivity index (χ1n) is 10.7. The van der Waals surface area contributed by atoms with Gasteiger partial charge in [-0.3, -0.25) is 9.59 Å². The number of methoxy groups -OCH3 is 1. The van der Waals surface area contributed by atoms with E-state index in [0.29, 0.717) is 19.1 Å². The summed E-state index contributed by atoms with van der Waals surface area (Å²) in [7, 11) is 1.64. The molecule has 5 rings (SSSR count). The minimum absolute atomic E-state index is 0.0682. The molecule has 3 aliphatic heterocycles. The highest BCUT2D eigenvalue weighted by atomic mass is 16.5. The highest BCUT2D eigenvalue weighted by Crippen LogP contribution is 2.52. The third-order valence-electron chi connectivity index (χ3n) is 7.07. The third kappa shape index (κ3) is 3.05. The minimum atomic E-state index is -0.595. The summed E-state index contributed by atoms with van der Waals surface area (Å²) in [5.74, 6) is 0.0647. The van der Waals surface area contributed by atoms with Crippen molar-refractivity contribution >= 4 is 11.8 Å². The number of hydrogen-bond donors (Lipinski definition) is 1.